The fraction of sp³-hybridized carbons (Fsp3) is 0.438. The summed E-state index contributed by atoms with van der Waals surface area (Å²) < 4.78 is 3.29. The highest BCUT2D eigenvalue weighted by Gasteiger charge is 2.43. The van der Waals surface area contributed by atoms with Crippen molar-refractivity contribution in [3.63, 3.8) is 0 Å². The Bertz CT molecular complexity index is 619. The second-order valence-electron chi connectivity index (χ2n) is 5.86. The van der Waals surface area contributed by atoms with E-state index in [0.29, 0.717) is 0 Å². The van der Waals surface area contributed by atoms with Crippen molar-refractivity contribution in [2.75, 3.05) is 11.9 Å². The second-order valence-corrected chi connectivity index (χ2v) is 6.78. The maximum atomic E-state index is 4.89. The minimum absolute atomic E-state index is 0.135. The molecule has 1 saturated carbocycles. The molecular formula is C16H18BrN3. The lowest BCUT2D eigenvalue weighted by molar-refractivity contribution is 0.290. The van der Waals surface area contributed by atoms with Crippen molar-refractivity contribution >= 4 is 21.7 Å². The molecule has 0 amide bonds. The van der Waals surface area contributed by atoms with Gasteiger partial charge in [-0.1, -0.05) is 34.5 Å². The number of aryl methyl sites for hydroxylation is 1. The summed E-state index contributed by atoms with van der Waals surface area (Å²) in [6.07, 6.45) is 4.87. The van der Waals surface area contributed by atoms with Gasteiger partial charge in [0.1, 0.15) is 5.82 Å². The average Bonchev–Trinajstić information content (AvgIpc) is 2.81. The van der Waals surface area contributed by atoms with Gasteiger partial charge in [0.25, 0.3) is 0 Å². The molecule has 0 unspecified atom stereocenters. The molecule has 1 aromatic carbocycles. The quantitative estimate of drug-likeness (QED) is 0.903. The number of hydrogen-bond acceptors (Lipinski definition) is 2. The molecule has 0 atom stereocenters. The van der Waals surface area contributed by atoms with Gasteiger partial charge in [0, 0.05) is 29.0 Å². The van der Waals surface area contributed by atoms with E-state index in [1.54, 1.807) is 0 Å². The molecule has 104 valence electrons. The van der Waals surface area contributed by atoms with Crippen LogP contribution in [0.2, 0.25) is 0 Å². The summed E-state index contributed by atoms with van der Waals surface area (Å²) >= 11 is 3.60. The van der Waals surface area contributed by atoms with Crippen molar-refractivity contribution in [2.24, 2.45) is 0 Å². The third kappa shape index (κ3) is 1.81. The van der Waals surface area contributed by atoms with Gasteiger partial charge >= 0.3 is 0 Å². The van der Waals surface area contributed by atoms with Gasteiger partial charge in [-0.05, 0) is 37.0 Å². The van der Waals surface area contributed by atoms with E-state index in [1.165, 1.54) is 36.3 Å². The molecule has 0 radical (unpaired) electrons. The van der Waals surface area contributed by atoms with Crippen LogP contribution in [0.3, 0.4) is 0 Å². The number of anilines is 1. The lowest BCUT2D eigenvalue weighted by Gasteiger charge is -2.41. The van der Waals surface area contributed by atoms with Gasteiger partial charge in [-0.25, -0.2) is 4.68 Å². The number of benzene rings is 1. The maximum Gasteiger partial charge on any atom is 0.124 e. The van der Waals surface area contributed by atoms with Crippen molar-refractivity contribution in [3.05, 3.63) is 46.1 Å². The van der Waals surface area contributed by atoms with Gasteiger partial charge in [-0.3, -0.25) is 0 Å². The van der Waals surface area contributed by atoms with Crippen LogP contribution in [-0.4, -0.2) is 16.3 Å². The Labute approximate surface area is 127 Å². The van der Waals surface area contributed by atoms with E-state index in [0.717, 1.165) is 24.0 Å². The minimum Gasteiger partial charge on any atom is -0.370 e. The zero-order valence-electron chi connectivity index (χ0n) is 11.4. The first-order valence-corrected chi connectivity index (χ1v) is 8.15. The van der Waals surface area contributed by atoms with Gasteiger partial charge in [-0.15, -0.1) is 0 Å². The standard InChI is InChI=1S/C16H18BrN3/c17-13-5-1-4-12(10-13)16(6-2-7-16)14-11-15-18-8-3-9-20(15)19-14/h1,4-5,10-11,18H,2-3,6-9H2. The van der Waals surface area contributed by atoms with Crippen LogP contribution in [0.5, 0.6) is 0 Å². The largest absolute Gasteiger partial charge is 0.370 e. The Hall–Kier alpha value is -1.29. The number of aromatic nitrogens is 2. The SMILES string of the molecule is Brc1cccc(C2(c3cc4n(n3)CCCN4)CCC2)c1. The topological polar surface area (TPSA) is 29.9 Å². The molecular weight excluding hydrogens is 314 g/mol. The summed E-state index contributed by atoms with van der Waals surface area (Å²) in [5.74, 6) is 1.19. The molecule has 1 aliphatic heterocycles. The molecule has 4 heteroatoms. The van der Waals surface area contributed by atoms with E-state index in [2.05, 4.69) is 56.3 Å². The van der Waals surface area contributed by atoms with Crippen LogP contribution in [0.1, 0.15) is 36.9 Å². The number of fused-ring (bicyclic) bond motifs is 1. The van der Waals surface area contributed by atoms with Crippen LogP contribution in [-0.2, 0) is 12.0 Å². The van der Waals surface area contributed by atoms with Crippen molar-refractivity contribution in [3.8, 4) is 0 Å². The summed E-state index contributed by atoms with van der Waals surface area (Å²) in [7, 11) is 0. The first-order valence-electron chi connectivity index (χ1n) is 7.36. The summed E-state index contributed by atoms with van der Waals surface area (Å²) in [5, 5.41) is 8.35. The molecule has 3 nitrogen and oxygen atoms in total. The van der Waals surface area contributed by atoms with E-state index in [4.69, 9.17) is 5.10 Å². The second kappa shape index (κ2) is 4.62. The molecule has 1 aromatic heterocycles. The van der Waals surface area contributed by atoms with Gasteiger partial charge in [-0.2, -0.15) is 5.10 Å². The van der Waals surface area contributed by atoms with E-state index >= 15 is 0 Å². The van der Waals surface area contributed by atoms with Gasteiger partial charge in [0.15, 0.2) is 0 Å². The van der Waals surface area contributed by atoms with Crippen molar-refractivity contribution in [2.45, 2.75) is 37.6 Å². The molecule has 1 N–H and O–H groups in total. The molecule has 2 aliphatic rings. The fourth-order valence-electron chi connectivity index (χ4n) is 3.42. The first kappa shape index (κ1) is 12.5. The third-order valence-corrected chi connectivity index (χ3v) is 5.20. The van der Waals surface area contributed by atoms with E-state index in [-0.39, 0.29) is 5.41 Å². The van der Waals surface area contributed by atoms with E-state index in [9.17, 15) is 0 Å². The molecule has 20 heavy (non-hydrogen) atoms. The summed E-state index contributed by atoms with van der Waals surface area (Å²) in [5.41, 5.74) is 2.77. The minimum atomic E-state index is 0.135. The van der Waals surface area contributed by atoms with Gasteiger partial charge in [0.2, 0.25) is 0 Å². The number of rotatable bonds is 2. The number of nitrogens with one attached hydrogen (secondary N) is 1. The van der Waals surface area contributed by atoms with Crippen molar-refractivity contribution < 1.29 is 0 Å². The van der Waals surface area contributed by atoms with Crippen LogP contribution in [0, 0.1) is 0 Å². The third-order valence-electron chi connectivity index (χ3n) is 4.71. The highest BCUT2D eigenvalue weighted by molar-refractivity contribution is 9.10. The average molecular weight is 332 g/mol. The van der Waals surface area contributed by atoms with Crippen LogP contribution in [0.4, 0.5) is 5.82 Å². The predicted molar refractivity (Wildman–Crippen MR) is 84.1 cm³/mol. The zero-order chi connectivity index (χ0) is 13.6. The van der Waals surface area contributed by atoms with Crippen molar-refractivity contribution in [1.29, 1.82) is 0 Å². The molecule has 2 heterocycles. The Kier molecular flexibility index (Phi) is 2.88. The number of halogens is 1. The smallest absolute Gasteiger partial charge is 0.124 e. The molecule has 4 rings (SSSR count). The lowest BCUT2D eigenvalue weighted by atomic mass is 9.62. The van der Waals surface area contributed by atoms with Crippen LogP contribution < -0.4 is 5.32 Å². The van der Waals surface area contributed by atoms with Gasteiger partial charge < -0.3 is 5.32 Å². The van der Waals surface area contributed by atoms with E-state index < -0.39 is 0 Å². The Morgan fingerprint density at radius 3 is 2.80 bits per heavy atom. The van der Waals surface area contributed by atoms with Crippen LogP contribution >= 0.6 is 15.9 Å². The van der Waals surface area contributed by atoms with Gasteiger partial charge in [0.05, 0.1) is 5.69 Å². The summed E-state index contributed by atoms with van der Waals surface area (Å²) in [4.78, 5) is 0. The summed E-state index contributed by atoms with van der Waals surface area (Å²) in [6, 6.07) is 11.0. The van der Waals surface area contributed by atoms with Crippen molar-refractivity contribution in [1.82, 2.24) is 9.78 Å². The predicted octanol–water partition coefficient (Wildman–Crippen LogP) is 3.93. The molecule has 0 bridgehead atoms. The van der Waals surface area contributed by atoms with Crippen LogP contribution in [0.25, 0.3) is 0 Å². The molecule has 1 fully saturated rings. The molecule has 2 aromatic rings. The fourth-order valence-corrected chi connectivity index (χ4v) is 3.82. The Morgan fingerprint density at radius 1 is 1.20 bits per heavy atom. The molecule has 1 aliphatic carbocycles. The Morgan fingerprint density at radius 2 is 2.10 bits per heavy atom. The monoisotopic (exact) mass is 331 g/mol. The Balaban J connectivity index is 1.79. The lowest BCUT2D eigenvalue weighted by Crippen LogP contribution is -2.36. The number of nitrogens with zero attached hydrogens (tertiary/aromatic N) is 2. The molecule has 0 spiro atoms. The number of hydrogen-bond donors (Lipinski definition) is 1. The van der Waals surface area contributed by atoms with E-state index in [1.807, 2.05) is 0 Å². The zero-order valence-corrected chi connectivity index (χ0v) is 13.0. The highest BCUT2D eigenvalue weighted by Crippen LogP contribution is 2.49. The molecule has 0 saturated heterocycles. The summed E-state index contributed by atoms with van der Waals surface area (Å²) in [6.45, 7) is 2.10. The maximum absolute atomic E-state index is 4.89. The van der Waals surface area contributed by atoms with Crippen LogP contribution in [0.15, 0.2) is 34.8 Å². The normalized spacial score (nSPS) is 19.9. The first-order chi connectivity index (χ1) is 9.78. The highest BCUT2D eigenvalue weighted by atomic mass is 79.9.